The average molecular weight is 413 g/mol. The van der Waals surface area contributed by atoms with Gasteiger partial charge in [0.15, 0.2) is 0 Å². The quantitative estimate of drug-likeness (QED) is 0.261. The Balaban J connectivity index is 1.50. The molecule has 0 aliphatic heterocycles. The summed E-state index contributed by atoms with van der Waals surface area (Å²) in [5.74, 6) is 0. The van der Waals surface area contributed by atoms with Gasteiger partial charge < -0.3 is 0 Å². The first-order valence-electron chi connectivity index (χ1n) is 10.1. The Labute approximate surface area is 183 Å². The van der Waals surface area contributed by atoms with E-state index in [9.17, 15) is 0 Å². The van der Waals surface area contributed by atoms with E-state index in [4.69, 9.17) is 6.57 Å². The lowest BCUT2D eigenvalue weighted by molar-refractivity contribution is 1.34. The van der Waals surface area contributed by atoms with Gasteiger partial charge in [0.25, 0.3) is 0 Å². The van der Waals surface area contributed by atoms with Crippen LogP contribution in [0.1, 0.15) is 0 Å². The minimum Gasteiger partial charge on any atom is -0.276 e. The van der Waals surface area contributed by atoms with Gasteiger partial charge in [-0.05, 0) is 57.3 Å². The predicted molar refractivity (Wildman–Crippen MR) is 132 cm³/mol. The van der Waals surface area contributed by atoms with Crippen LogP contribution in [-0.4, -0.2) is 4.98 Å². The van der Waals surface area contributed by atoms with Crippen molar-refractivity contribution in [3.05, 3.63) is 109 Å². The molecule has 2 heterocycles. The van der Waals surface area contributed by atoms with Crippen molar-refractivity contribution in [2.45, 2.75) is 0 Å². The number of pyridine rings is 1. The molecule has 3 heteroatoms. The number of nitrogens with zero attached hydrogens (tertiary/aromatic N) is 2. The molecule has 0 spiro atoms. The molecule has 6 aromatic rings. The largest absolute Gasteiger partial charge is 0.276 e. The zero-order chi connectivity index (χ0) is 20.8. The van der Waals surface area contributed by atoms with Gasteiger partial charge in [-0.15, -0.1) is 11.3 Å². The van der Waals surface area contributed by atoms with Crippen molar-refractivity contribution in [1.29, 1.82) is 0 Å². The second-order valence-corrected chi connectivity index (χ2v) is 8.68. The molecule has 0 fully saturated rings. The van der Waals surface area contributed by atoms with E-state index in [2.05, 4.69) is 88.7 Å². The lowest BCUT2D eigenvalue weighted by Gasteiger charge is -2.07. The third-order valence-electron chi connectivity index (χ3n) is 5.74. The summed E-state index contributed by atoms with van der Waals surface area (Å²) in [6, 6.07) is 30.1. The van der Waals surface area contributed by atoms with Gasteiger partial charge in [-0.25, -0.2) is 4.85 Å². The first kappa shape index (κ1) is 17.8. The zero-order valence-electron chi connectivity index (χ0n) is 16.5. The monoisotopic (exact) mass is 412 g/mol. The first-order chi connectivity index (χ1) is 15.3. The number of hydrogen-bond donors (Lipinski definition) is 0. The maximum Gasteiger partial charge on any atom is 0.205 e. The third-order valence-corrected chi connectivity index (χ3v) is 6.86. The van der Waals surface area contributed by atoms with Crippen LogP contribution in [0.4, 0.5) is 5.69 Å². The highest BCUT2D eigenvalue weighted by Crippen LogP contribution is 2.40. The first-order valence-corrected chi connectivity index (χ1v) is 10.9. The molecule has 2 aromatic heterocycles. The van der Waals surface area contributed by atoms with E-state index in [-0.39, 0.29) is 0 Å². The molecule has 0 aliphatic rings. The molecule has 6 rings (SSSR count). The van der Waals surface area contributed by atoms with E-state index in [1.807, 2.05) is 23.6 Å². The fourth-order valence-corrected chi connectivity index (χ4v) is 5.41. The maximum absolute atomic E-state index is 7.24. The van der Waals surface area contributed by atoms with Crippen molar-refractivity contribution in [3.8, 4) is 22.3 Å². The summed E-state index contributed by atoms with van der Waals surface area (Å²) in [6.07, 6.45) is 3.41. The normalized spacial score (nSPS) is 11.2. The number of rotatable bonds is 2. The highest BCUT2D eigenvalue weighted by atomic mass is 32.1. The van der Waals surface area contributed by atoms with Gasteiger partial charge in [-0.2, -0.15) is 0 Å². The van der Waals surface area contributed by atoms with Gasteiger partial charge in [-0.3, -0.25) is 4.98 Å². The summed E-state index contributed by atoms with van der Waals surface area (Å²) in [6.45, 7) is 7.24. The molecule has 0 atom stereocenters. The summed E-state index contributed by atoms with van der Waals surface area (Å²) in [5, 5.41) is 5.25. The molecule has 0 aliphatic carbocycles. The summed E-state index contributed by atoms with van der Waals surface area (Å²) < 4.78 is 2.62. The molecule has 144 valence electrons. The van der Waals surface area contributed by atoms with Crippen LogP contribution in [0.2, 0.25) is 0 Å². The molecular formula is C28H16N2S. The van der Waals surface area contributed by atoms with Crippen molar-refractivity contribution < 1.29 is 0 Å². The van der Waals surface area contributed by atoms with Crippen molar-refractivity contribution in [1.82, 2.24) is 4.98 Å². The van der Waals surface area contributed by atoms with Crippen LogP contribution in [-0.2, 0) is 0 Å². The average Bonchev–Trinajstić information content (AvgIpc) is 3.22. The Morgan fingerprint density at radius 1 is 0.645 bits per heavy atom. The van der Waals surface area contributed by atoms with E-state index in [0.717, 1.165) is 16.7 Å². The van der Waals surface area contributed by atoms with Crippen LogP contribution in [0.15, 0.2) is 97.3 Å². The molecule has 0 saturated carbocycles. The molecular weight excluding hydrogens is 396 g/mol. The molecule has 0 unspecified atom stereocenters. The Kier molecular flexibility index (Phi) is 4.06. The van der Waals surface area contributed by atoms with Crippen molar-refractivity contribution >= 4 is 48.0 Å². The fraction of sp³-hybridized carbons (Fsp3) is 0. The lowest BCUT2D eigenvalue weighted by Crippen LogP contribution is -1.82. The molecule has 0 bridgehead atoms. The van der Waals surface area contributed by atoms with Gasteiger partial charge in [0.05, 0.1) is 6.57 Å². The Morgan fingerprint density at radius 3 is 2.39 bits per heavy atom. The van der Waals surface area contributed by atoms with E-state index >= 15 is 0 Å². The van der Waals surface area contributed by atoms with Crippen LogP contribution in [0.5, 0.6) is 0 Å². The SMILES string of the molecule is [C-]#[N+]c1cncc(-c2cccc(-c3ccc4c(c3)sc3ccc5ccccc5c34)c2)c1. The van der Waals surface area contributed by atoms with Crippen LogP contribution in [0.25, 0.3) is 58.0 Å². The summed E-state index contributed by atoms with van der Waals surface area (Å²) in [4.78, 5) is 7.71. The van der Waals surface area contributed by atoms with Crippen LogP contribution in [0.3, 0.4) is 0 Å². The summed E-state index contributed by atoms with van der Waals surface area (Å²) in [7, 11) is 0. The minimum absolute atomic E-state index is 0.557. The van der Waals surface area contributed by atoms with Gasteiger partial charge >= 0.3 is 0 Å². The zero-order valence-corrected chi connectivity index (χ0v) is 17.4. The fourth-order valence-electron chi connectivity index (χ4n) is 4.25. The number of benzene rings is 4. The van der Waals surface area contributed by atoms with Crippen molar-refractivity contribution in [2.75, 3.05) is 0 Å². The summed E-state index contributed by atoms with van der Waals surface area (Å²) >= 11 is 1.85. The third kappa shape index (κ3) is 2.97. The minimum atomic E-state index is 0.557. The number of fused-ring (bicyclic) bond motifs is 5. The van der Waals surface area contributed by atoms with E-state index in [0.29, 0.717) is 5.69 Å². The maximum atomic E-state index is 7.24. The highest BCUT2D eigenvalue weighted by Gasteiger charge is 2.10. The van der Waals surface area contributed by atoms with Gasteiger partial charge in [-0.1, -0.05) is 60.7 Å². The second-order valence-electron chi connectivity index (χ2n) is 7.60. The van der Waals surface area contributed by atoms with E-state index in [1.165, 1.54) is 36.5 Å². The van der Waals surface area contributed by atoms with Gasteiger partial charge in [0.1, 0.15) is 0 Å². The van der Waals surface area contributed by atoms with Crippen molar-refractivity contribution in [2.24, 2.45) is 0 Å². The highest BCUT2D eigenvalue weighted by molar-refractivity contribution is 7.26. The smallest absolute Gasteiger partial charge is 0.205 e. The lowest BCUT2D eigenvalue weighted by atomic mass is 9.98. The van der Waals surface area contributed by atoms with E-state index in [1.54, 1.807) is 6.20 Å². The van der Waals surface area contributed by atoms with Crippen LogP contribution >= 0.6 is 11.3 Å². The molecule has 0 N–H and O–H groups in total. The van der Waals surface area contributed by atoms with Gasteiger partial charge in [0, 0.05) is 32.6 Å². The molecule has 0 saturated heterocycles. The molecule has 0 radical (unpaired) electrons. The number of thiophene rings is 1. The van der Waals surface area contributed by atoms with Gasteiger partial charge in [0.2, 0.25) is 5.69 Å². The summed E-state index contributed by atoms with van der Waals surface area (Å²) in [5.41, 5.74) is 4.94. The number of aromatic nitrogens is 1. The van der Waals surface area contributed by atoms with Crippen LogP contribution < -0.4 is 0 Å². The van der Waals surface area contributed by atoms with Crippen LogP contribution in [0, 0.1) is 6.57 Å². The van der Waals surface area contributed by atoms with E-state index < -0.39 is 0 Å². The van der Waals surface area contributed by atoms with Crippen molar-refractivity contribution in [3.63, 3.8) is 0 Å². The molecule has 31 heavy (non-hydrogen) atoms. The standard InChI is InChI=1S/C28H16N2S/c1-29-23-14-22(16-30-17-23)20-7-4-6-19(13-20)21-9-11-25-27(15-21)31-26-12-10-18-5-2-3-8-24(18)28(25)26/h2-17H. The Morgan fingerprint density at radius 2 is 1.48 bits per heavy atom. The number of hydrogen-bond acceptors (Lipinski definition) is 2. The molecule has 2 nitrogen and oxygen atoms in total. The Hall–Kier alpha value is -4.00. The predicted octanol–water partition coefficient (Wildman–Crippen LogP) is 8.49. The second kappa shape index (κ2) is 7.05. The topological polar surface area (TPSA) is 17.2 Å². The molecule has 0 amide bonds. The Bertz CT molecular complexity index is 1650. The molecule has 4 aromatic carbocycles.